The Morgan fingerprint density at radius 3 is 2.50 bits per heavy atom. The molecule has 1 N–H and O–H groups in total. The molecule has 2 aromatic rings. The van der Waals surface area contributed by atoms with Gasteiger partial charge >= 0.3 is 6.36 Å². The molecule has 162 valence electrons. The van der Waals surface area contributed by atoms with Crippen molar-refractivity contribution >= 4 is 11.8 Å². The van der Waals surface area contributed by atoms with Gasteiger partial charge in [0.1, 0.15) is 5.75 Å². The van der Waals surface area contributed by atoms with E-state index in [1.807, 2.05) is 0 Å². The van der Waals surface area contributed by atoms with Crippen molar-refractivity contribution in [1.82, 2.24) is 20.4 Å². The molecule has 1 aromatic heterocycles. The van der Waals surface area contributed by atoms with E-state index < -0.39 is 18.0 Å². The maximum absolute atomic E-state index is 12.2. The first-order chi connectivity index (χ1) is 14.2. The number of amides is 2. The third-order valence-electron chi connectivity index (χ3n) is 4.76. The molecule has 1 aliphatic rings. The SMILES string of the molecule is CC(=O)N1CCC(c2noc(CCNC(=O)c3ccc(OC(F)(F)F)cc3)n2)CC1. The number of aromatic nitrogens is 2. The van der Waals surface area contributed by atoms with Crippen molar-refractivity contribution in [2.24, 2.45) is 0 Å². The lowest BCUT2D eigenvalue weighted by Crippen LogP contribution is -2.36. The second-order valence-corrected chi connectivity index (χ2v) is 6.90. The van der Waals surface area contributed by atoms with Crippen LogP contribution < -0.4 is 10.1 Å². The first kappa shape index (κ1) is 21.6. The molecule has 1 fully saturated rings. The van der Waals surface area contributed by atoms with Crippen molar-refractivity contribution in [3.63, 3.8) is 0 Å². The molecule has 0 unspecified atom stereocenters. The van der Waals surface area contributed by atoms with E-state index in [0.717, 1.165) is 25.0 Å². The lowest BCUT2D eigenvalue weighted by Gasteiger charge is -2.29. The fourth-order valence-corrected chi connectivity index (χ4v) is 3.18. The molecule has 0 saturated carbocycles. The van der Waals surface area contributed by atoms with Crippen molar-refractivity contribution in [2.45, 2.75) is 38.5 Å². The summed E-state index contributed by atoms with van der Waals surface area (Å²) in [6, 6.07) is 4.64. The minimum Gasteiger partial charge on any atom is -0.406 e. The second kappa shape index (κ2) is 9.14. The average Bonchev–Trinajstić information content (AvgIpc) is 3.16. The number of rotatable bonds is 6. The van der Waals surface area contributed by atoms with Gasteiger partial charge in [-0.3, -0.25) is 9.59 Å². The molecular weight excluding hydrogens is 405 g/mol. The lowest BCUT2D eigenvalue weighted by atomic mass is 9.96. The van der Waals surface area contributed by atoms with E-state index in [2.05, 4.69) is 20.2 Å². The summed E-state index contributed by atoms with van der Waals surface area (Å²) in [6.07, 6.45) is -2.93. The molecule has 2 heterocycles. The Bertz CT molecular complexity index is 875. The number of piperidine rings is 1. The van der Waals surface area contributed by atoms with Crippen molar-refractivity contribution in [1.29, 1.82) is 0 Å². The van der Waals surface area contributed by atoms with E-state index in [0.29, 0.717) is 31.2 Å². The normalized spacial score (nSPS) is 15.1. The van der Waals surface area contributed by atoms with Crippen LogP contribution in [0.1, 0.15) is 47.8 Å². The van der Waals surface area contributed by atoms with Crippen LogP contribution in [0, 0.1) is 0 Å². The number of nitrogens with one attached hydrogen (secondary N) is 1. The summed E-state index contributed by atoms with van der Waals surface area (Å²) in [5, 5.41) is 6.64. The van der Waals surface area contributed by atoms with Crippen molar-refractivity contribution in [2.75, 3.05) is 19.6 Å². The van der Waals surface area contributed by atoms with E-state index in [4.69, 9.17) is 4.52 Å². The van der Waals surface area contributed by atoms with Gasteiger partial charge in [0, 0.05) is 44.5 Å². The Morgan fingerprint density at radius 1 is 1.23 bits per heavy atom. The molecule has 8 nitrogen and oxygen atoms in total. The first-order valence-corrected chi connectivity index (χ1v) is 9.43. The van der Waals surface area contributed by atoms with E-state index in [1.165, 1.54) is 12.1 Å². The zero-order valence-electron chi connectivity index (χ0n) is 16.2. The van der Waals surface area contributed by atoms with Crippen LogP contribution in [-0.4, -0.2) is 52.9 Å². The Labute approximate surface area is 170 Å². The van der Waals surface area contributed by atoms with Crippen LogP contribution in [0.3, 0.4) is 0 Å². The highest BCUT2D eigenvalue weighted by Crippen LogP contribution is 2.26. The maximum Gasteiger partial charge on any atom is 0.573 e. The summed E-state index contributed by atoms with van der Waals surface area (Å²) in [6.45, 7) is 3.09. The van der Waals surface area contributed by atoms with Gasteiger partial charge in [-0.2, -0.15) is 4.98 Å². The molecule has 1 saturated heterocycles. The fourth-order valence-electron chi connectivity index (χ4n) is 3.18. The molecule has 0 spiro atoms. The van der Waals surface area contributed by atoms with Gasteiger partial charge in [-0.15, -0.1) is 13.2 Å². The summed E-state index contributed by atoms with van der Waals surface area (Å²) < 4.78 is 45.5. The van der Waals surface area contributed by atoms with Gasteiger partial charge in [0.05, 0.1) is 0 Å². The summed E-state index contributed by atoms with van der Waals surface area (Å²) in [5.74, 6) is 0.329. The van der Waals surface area contributed by atoms with E-state index in [1.54, 1.807) is 11.8 Å². The smallest absolute Gasteiger partial charge is 0.406 e. The van der Waals surface area contributed by atoms with Crippen molar-refractivity contribution in [3.05, 3.63) is 41.5 Å². The van der Waals surface area contributed by atoms with Gasteiger partial charge in [0.15, 0.2) is 5.82 Å². The molecule has 0 aliphatic carbocycles. The second-order valence-electron chi connectivity index (χ2n) is 6.90. The number of hydrogen-bond donors (Lipinski definition) is 1. The molecule has 0 bridgehead atoms. The standard InChI is InChI=1S/C19H21F3N4O4/c1-12(27)26-10-7-13(8-11-26)17-24-16(30-25-17)6-9-23-18(28)14-2-4-15(5-3-14)29-19(20,21)22/h2-5,13H,6-11H2,1H3,(H,23,28). The third kappa shape index (κ3) is 5.94. The number of carbonyl (C=O) groups excluding carboxylic acids is 2. The lowest BCUT2D eigenvalue weighted by molar-refractivity contribution is -0.274. The number of benzene rings is 1. The molecule has 0 atom stereocenters. The molecule has 3 rings (SSSR count). The monoisotopic (exact) mass is 426 g/mol. The summed E-state index contributed by atoms with van der Waals surface area (Å²) in [7, 11) is 0. The van der Waals surface area contributed by atoms with Crippen molar-refractivity contribution in [3.8, 4) is 5.75 Å². The van der Waals surface area contributed by atoms with Gasteiger partial charge < -0.3 is 19.5 Å². The summed E-state index contributed by atoms with van der Waals surface area (Å²) in [5.41, 5.74) is 0.202. The summed E-state index contributed by atoms with van der Waals surface area (Å²) >= 11 is 0. The highest BCUT2D eigenvalue weighted by molar-refractivity contribution is 5.94. The fraction of sp³-hybridized carbons (Fsp3) is 0.474. The zero-order valence-corrected chi connectivity index (χ0v) is 16.2. The number of hydrogen-bond acceptors (Lipinski definition) is 6. The topological polar surface area (TPSA) is 97.6 Å². The molecule has 2 amide bonds. The predicted molar refractivity (Wildman–Crippen MR) is 97.7 cm³/mol. The maximum atomic E-state index is 12.2. The number of carbonyl (C=O) groups is 2. The van der Waals surface area contributed by atoms with E-state index in [9.17, 15) is 22.8 Å². The molecule has 30 heavy (non-hydrogen) atoms. The van der Waals surface area contributed by atoms with E-state index >= 15 is 0 Å². The van der Waals surface area contributed by atoms with Gasteiger partial charge in [-0.05, 0) is 37.1 Å². The Hall–Kier alpha value is -3.11. The minimum atomic E-state index is -4.78. The largest absolute Gasteiger partial charge is 0.573 e. The molecule has 11 heteroatoms. The van der Waals surface area contributed by atoms with Crippen LogP contribution in [0.4, 0.5) is 13.2 Å². The first-order valence-electron chi connectivity index (χ1n) is 9.43. The van der Waals surface area contributed by atoms with Crippen LogP contribution in [0.5, 0.6) is 5.75 Å². The van der Waals surface area contributed by atoms with Gasteiger partial charge in [0.25, 0.3) is 5.91 Å². The zero-order chi connectivity index (χ0) is 21.7. The molecular formula is C19H21F3N4O4. The molecule has 1 aromatic carbocycles. The minimum absolute atomic E-state index is 0.0560. The number of halogens is 3. The van der Waals surface area contributed by atoms with Crippen LogP contribution in [-0.2, 0) is 11.2 Å². The van der Waals surface area contributed by atoms with E-state index in [-0.39, 0.29) is 23.9 Å². The highest BCUT2D eigenvalue weighted by Gasteiger charge is 2.31. The van der Waals surface area contributed by atoms with Crippen LogP contribution in [0.25, 0.3) is 0 Å². The Morgan fingerprint density at radius 2 is 1.90 bits per heavy atom. The third-order valence-corrected chi connectivity index (χ3v) is 4.76. The number of likely N-dealkylation sites (tertiary alicyclic amines) is 1. The van der Waals surface area contributed by atoms with Gasteiger partial charge in [-0.1, -0.05) is 5.16 Å². The highest BCUT2D eigenvalue weighted by atomic mass is 19.4. The Balaban J connectivity index is 1.44. The summed E-state index contributed by atoms with van der Waals surface area (Å²) in [4.78, 5) is 29.6. The predicted octanol–water partition coefficient (Wildman–Crippen LogP) is 2.67. The Kier molecular flexibility index (Phi) is 6.58. The van der Waals surface area contributed by atoms with Crippen LogP contribution in [0.2, 0.25) is 0 Å². The van der Waals surface area contributed by atoms with Gasteiger partial charge in [0.2, 0.25) is 11.8 Å². The molecule has 0 radical (unpaired) electrons. The van der Waals surface area contributed by atoms with Gasteiger partial charge in [-0.25, -0.2) is 0 Å². The number of ether oxygens (including phenoxy) is 1. The van der Waals surface area contributed by atoms with Crippen molar-refractivity contribution < 1.29 is 32.0 Å². The molecule has 1 aliphatic heterocycles. The average molecular weight is 426 g/mol. The van der Waals surface area contributed by atoms with Crippen LogP contribution >= 0.6 is 0 Å². The van der Waals surface area contributed by atoms with Crippen LogP contribution in [0.15, 0.2) is 28.8 Å². The quantitative estimate of drug-likeness (QED) is 0.763. The number of alkyl halides is 3. The number of nitrogens with zero attached hydrogens (tertiary/aromatic N) is 3.